The molecule has 0 saturated heterocycles. The molecular formula is C28H35NO4. The Morgan fingerprint density at radius 3 is 2.70 bits per heavy atom. The zero-order chi connectivity index (χ0) is 23.2. The summed E-state index contributed by atoms with van der Waals surface area (Å²) in [5.41, 5.74) is 5.21. The fraction of sp³-hybridized carbons (Fsp3) is 0.571. The van der Waals surface area contributed by atoms with E-state index in [4.69, 9.17) is 9.94 Å². The van der Waals surface area contributed by atoms with Gasteiger partial charge in [0, 0.05) is 24.9 Å². The highest BCUT2D eigenvalue weighted by molar-refractivity contribution is 5.93. The number of hydrogen-bond donors (Lipinski definition) is 2. The summed E-state index contributed by atoms with van der Waals surface area (Å²) in [5.74, 6) is 1.30. The van der Waals surface area contributed by atoms with E-state index in [1.54, 1.807) is 7.11 Å². The van der Waals surface area contributed by atoms with E-state index in [9.17, 15) is 9.90 Å². The van der Waals surface area contributed by atoms with Crippen LogP contribution in [-0.4, -0.2) is 41.6 Å². The number of oxime groups is 1. The van der Waals surface area contributed by atoms with Crippen LogP contribution < -0.4 is 0 Å². The van der Waals surface area contributed by atoms with Crippen LogP contribution >= 0.6 is 0 Å². The van der Waals surface area contributed by atoms with Gasteiger partial charge in [-0.15, -0.1) is 0 Å². The number of benzene rings is 1. The van der Waals surface area contributed by atoms with Gasteiger partial charge in [-0.1, -0.05) is 48.3 Å². The molecule has 0 radical (unpaired) electrons. The van der Waals surface area contributed by atoms with E-state index in [0.29, 0.717) is 24.9 Å². The second-order valence-electron chi connectivity index (χ2n) is 10.8. The summed E-state index contributed by atoms with van der Waals surface area (Å²) in [7, 11) is 1.69. The van der Waals surface area contributed by atoms with Crippen molar-refractivity contribution in [3.8, 4) is 0 Å². The molecule has 2 N–H and O–H groups in total. The number of hydrogen-bond acceptors (Lipinski definition) is 5. The fourth-order valence-corrected chi connectivity index (χ4v) is 7.63. The molecule has 5 nitrogen and oxygen atoms in total. The molecule has 2 fully saturated rings. The minimum absolute atomic E-state index is 0.199. The highest BCUT2D eigenvalue weighted by Crippen LogP contribution is 2.65. The molecule has 0 heterocycles. The number of allylic oxidation sites excluding steroid dienone is 4. The van der Waals surface area contributed by atoms with Gasteiger partial charge in [0.2, 0.25) is 0 Å². The monoisotopic (exact) mass is 449 g/mol. The maximum Gasteiger partial charge on any atom is 0.156 e. The number of rotatable bonds is 4. The van der Waals surface area contributed by atoms with Gasteiger partial charge < -0.3 is 15.1 Å². The number of carbonyl (C=O) groups is 1. The molecule has 4 aliphatic carbocycles. The molecule has 1 aromatic rings. The quantitative estimate of drug-likeness (QED) is 0.378. The van der Waals surface area contributed by atoms with Gasteiger partial charge in [0.25, 0.3) is 0 Å². The summed E-state index contributed by atoms with van der Waals surface area (Å²) in [4.78, 5) is 12.2. The average molecular weight is 450 g/mol. The summed E-state index contributed by atoms with van der Waals surface area (Å²) in [6.07, 6.45) is 10.6. The fourth-order valence-electron chi connectivity index (χ4n) is 7.63. The molecule has 5 rings (SSSR count). The third-order valence-electron chi connectivity index (χ3n) is 9.22. The molecule has 0 aromatic heterocycles. The molecule has 5 heteroatoms. The van der Waals surface area contributed by atoms with Gasteiger partial charge in [-0.25, -0.2) is 0 Å². The highest BCUT2D eigenvalue weighted by Gasteiger charge is 2.60. The number of carbonyl (C=O) groups excluding carboxylic acids is 1. The van der Waals surface area contributed by atoms with Gasteiger partial charge in [0.15, 0.2) is 5.78 Å². The maximum absolute atomic E-state index is 12.2. The largest absolute Gasteiger partial charge is 0.411 e. The van der Waals surface area contributed by atoms with Gasteiger partial charge in [-0.3, -0.25) is 4.79 Å². The van der Waals surface area contributed by atoms with E-state index in [1.165, 1.54) is 28.5 Å². The normalized spacial score (nSPS) is 36.3. The first-order valence-corrected chi connectivity index (χ1v) is 12.4. The third kappa shape index (κ3) is 3.60. The molecule has 33 heavy (non-hydrogen) atoms. The Bertz CT molecular complexity index is 1020. The van der Waals surface area contributed by atoms with Crippen LogP contribution in [-0.2, 0) is 9.53 Å². The van der Waals surface area contributed by atoms with E-state index in [-0.39, 0.29) is 17.1 Å². The summed E-state index contributed by atoms with van der Waals surface area (Å²) in [6.45, 7) is 2.67. The molecule has 1 aromatic carbocycles. The van der Waals surface area contributed by atoms with Crippen molar-refractivity contribution < 1.29 is 19.8 Å². The summed E-state index contributed by atoms with van der Waals surface area (Å²) < 4.78 is 5.57. The van der Waals surface area contributed by atoms with Crippen molar-refractivity contribution in [2.24, 2.45) is 22.4 Å². The Balaban J connectivity index is 1.66. The van der Waals surface area contributed by atoms with Gasteiger partial charge in [-0.2, -0.15) is 0 Å². The summed E-state index contributed by atoms with van der Waals surface area (Å²) in [5, 5.41) is 24.0. The lowest BCUT2D eigenvalue weighted by Crippen LogP contribution is -2.61. The predicted octanol–water partition coefficient (Wildman–Crippen LogP) is 5.16. The van der Waals surface area contributed by atoms with Crippen LogP contribution in [0.25, 0.3) is 0 Å². The highest BCUT2D eigenvalue weighted by atomic mass is 16.5. The van der Waals surface area contributed by atoms with Crippen molar-refractivity contribution in [3.63, 3.8) is 0 Å². The number of ketones is 1. The minimum atomic E-state index is -0.832. The van der Waals surface area contributed by atoms with E-state index in [0.717, 1.165) is 50.5 Å². The van der Waals surface area contributed by atoms with Crippen LogP contribution in [0.4, 0.5) is 0 Å². The van der Waals surface area contributed by atoms with Gasteiger partial charge in [0.1, 0.15) is 0 Å². The van der Waals surface area contributed by atoms with Crippen LogP contribution in [0.3, 0.4) is 0 Å². The Labute approximate surface area is 196 Å². The lowest BCUT2D eigenvalue weighted by atomic mass is 9.45. The Kier molecular flexibility index (Phi) is 5.82. The van der Waals surface area contributed by atoms with E-state index >= 15 is 0 Å². The molecule has 2 saturated carbocycles. The first kappa shape index (κ1) is 22.5. The van der Waals surface area contributed by atoms with Crippen LogP contribution in [0.5, 0.6) is 0 Å². The Morgan fingerprint density at radius 1 is 1.18 bits per heavy atom. The molecule has 4 aliphatic rings. The van der Waals surface area contributed by atoms with Crippen molar-refractivity contribution in [2.45, 2.75) is 69.8 Å². The SMILES string of the molecule is COC[C@]1(O)CCC[C@H]2[C@@H]3CCC4=CC(=O)CCC4=C3[C@@H](c3ccc(/C=N/O)cc3)C[C@@]21C. The van der Waals surface area contributed by atoms with Crippen LogP contribution in [0, 0.1) is 17.3 Å². The predicted molar refractivity (Wildman–Crippen MR) is 128 cm³/mol. The minimum Gasteiger partial charge on any atom is -0.411 e. The van der Waals surface area contributed by atoms with E-state index in [2.05, 4.69) is 24.2 Å². The smallest absolute Gasteiger partial charge is 0.156 e. The van der Waals surface area contributed by atoms with Gasteiger partial charge >= 0.3 is 0 Å². The molecule has 176 valence electrons. The summed E-state index contributed by atoms with van der Waals surface area (Å²) in [6, 6.07) is 8.27. The topological polar surface area (TPSA) is 79.1 Å². The summed E-state index contributed by atoms with van der Waals surface area (Å²) >= 11 is 0. The standard InChI is InChI=1S/C28H35NO4/c1-27-15-24(19-7-5-18(6-8-19)16-29-32)26-22-12-10-21(30)14-20(22)9-11-23(26)25(27)4-3-13-28(27,31)17-33-2/h5-8,14,16,23-25,31-32H,3-4,9-13,15,17H2,1-2H3/b29-16+/t23-,24+,25-,27-,28+/m0/s1. The van der Waals surface area contributed by atoms with Crippen LogP contribution in [0.1, 0.15) is 75.3 Å². The first-order valence-electron chi connectivity index (χ1n) is 12.4. The Morgan fingerprint density at radius 2 is 1.97 bits per heavy atom. The van der Waals surface area contributed by atoms with Gasteiger partial charge in [-0.05, 0) is 78.7 Å². The van der Waals surface area contributed by atoms with Crippen LogP contribution in [0.2, 0.25) is 0 Å². The average Bonchev–Trinajstić information content (AvgIpc) is 2.80. The molecule has 0 unspecified atom stereocenters. The molecule has 5 atom stereocenters. The van der Waals surface area contributed by atoms with E-state index in [1.807, 2.05) is 18.2 Å². The zero-order valence-electron chi connectivity index (χ0n) is 19.7. The lowest BCUT2D eigenvalue weighted by Gasteiger charge is -2.61. The molecular weight excluding hydrogens is 414 g/mol. The zero-order valence-corrected chi connectivity index (χ0v) is 19.7. The second kappa shape index (κ2) is 8.52. The third-order valence-corrected chi connectivity index (χ3v) is 9.22. The van der Waals surface area contributed by atoms with E-state index < -0.39 is 5.60 Å². The van der Waals surface area contributed by atoms with Crippen molar-refractivity contribution >= 4 is 12.0 Å². The van der Waals surface area contributed by atoms with Gasteiger partial charge in [0.05, 0.1) is 18.4 Å². The second-order valence-corrected chi connectivity index (χ2v) is 10.8. The molecule has 0 aliphatic heterocycles. The number of methoxy groups -OCH3 is 1. The number of aliphatic hydroxyl groups is 1. The molecule has 0 spiro atoms. The van der Waals surface area contributed by atoms with Crippen molar-refractivity contribution in [2.75, 3.05) is 13.7 Å². The Hall–Kier alpha value is -2.24. The number of ether oxygens (including phenoxy) is 1. The van der Waals surface area contributed by atoms with Crippen molar-refractivity contribution in [1.82, 2.24) is 0 Å². The lowest BCUT2D eigenvalue weighted by molar-refractivity contribution is -0.187. The molecule has 0 bridgehead atoms. The van der Waals surface area contributed by atoms with Crippen LogP contribution in [0.15, 0.2) is 52.2 Å². The number of fused-ring (bicyclic) bond motifs is 4. The molecule has 0 amide bonds. The van der Waals surface area contributed by atoms with Crippen molar-refractivity contribution in [3.05, 3.63) is 58.2 Å². The first-order chi connectivity index (χ1) is 15.9. The maximum atomic E-state index is 12.2. The number of nitrogens with zero attached hydrogens (tertiary/aromatic N) is 1. The van der Waals surface area contributed by atoms with Crippen molar-refractivity contribution in [1.29, 1.82) is 0 Å².